The number of benzene rings is 4. The van der Waals surface area contributed by atoms with E-state index in [1.807, 2.05) is 24.3 Å². The number of nitrogens with zero attached hydrogens (tertiary/aromatic N) is 2. The lowest BCUT2D eigenvalue weighted by Gasteiger charge is -2.18. The van der Waals surface area contributed by atoms with Gasteiger partial charge in [0.25, 0.3) is 5.91 Å². The lowest BCUT2D eigenvalue weighted by atomic mass is 9.99. The van der Waals surface area contributed by atoms with Gasteiger partial charge in [0.05, 0.1) is 28.3 Å². The van der Waals surface area contributed by atoms with E-state index in [0.29, 0.717) is 17.0 Å². The summed E-state index contributed by atoms with van der Waals surface area (Å²) < 4.78 is 63.6. The first-order valence-electron chi connectivity index (χ1n) is 13.1. The summed E-state index contributed by atoms with van der Waals surface area (Å²) in [4.78, 5) is 18.0. The van der Waals surface area contributed by atoms with Crippen molar-refractivity contribution in [1.29, 1.82) is 0 Å². The van der Waals surface area contributed by atoms with Crippen LogP contribution in [0.3, 0.4) is 0 Å². The van der Waals surface area contributed by atoms with Gasteiger partial charge < -0.3 is 14.6 Å². The average Bonchev–Trinajstić information content (AvgIpc) is 3.44. The minimum atomic E-state index is -4.49. The maximum atomic E-state index is 13.7. The van der Waals surface area contributed by atoms with Crippen molar-refractivity contribution in [2.24, 2.45) is 0 Å². The molecular weight excluding hydrogens is 621 g/mol. The molecule has 5 rings (SSSR count). The summed E-state index contributed by atoms with van der Waals surface area (Å²) in [5.74, 6) is -0.483. The van der Waals surface area contributed by atoms with Crippen molar-refractivity contribution in [1.82, 2.24) is 15.5 Å². The Balaban J connectivity index is 1.43. The van der Waals surface area contributed by atoms with Crippen molar-refractivity contribution in [3.63, 3.8) is 0 Å². The van der Waals surface area contributed by atoms with E-state index < -0.39 is 29.5 Å². The van der Waals surface area contributed by atoms with Gasteiger partial charge in [0.2, 0.25) is 5.89 Å². The van der Waals surface area contributed by atoms with E-state index in [9.17, 15) is 22.4 Å². The predicted octanol–water partition coefficient (Wildman–Crippen LogP) is 8.90. The molecule has 12 heteroatoms. The molecule has 0 fully saturated rings. The van der Waals surface area contributed by atoms with Gasteiger partial charge in [-0.25, -0.2) is 4.39 Å². The fourth-order valence-electron chi connectivity index (χ4n) is 4.62. The molecule has 6 nitrogen and oxygen atoms in total. The fourth-order valence-corrected chi connectivity index (χ4v) is 5.10. The molecule has 0 saturated carbocycles. The van der Waals surface area contributed by atoms with Gasteiger partial charge in [-0.3, -0.25) is 4.79 Å². The molecule has 1 atom stereocenters. The summed E-state index contributed by atoms with van der Waals surface area (Å²) >= 11 is 12.4. The molecule has 0 saturated heterocycles. The minimum Gasteiger partial charge on any atom is -0.494 e. The van der Waals surface area contributed by atoms with E-state index in [1.54, 1.807) is 13.0 Å². The highest BCUT2D eigenvalue weighted by molar-refractivity contribution is 6.33. The van der Waals surface area contributed by atoms with Gasteiger partial charge in [-0.2, -0.15) is 18.2 Å². The highest BCUT2D eigenvalue weighted by atomic mass is 35.5. The first-order valence-corrected chi connectivity index (χ1v) is 13.9. The molecule has 5 aromatic rings. The van der Waals surface area contributed by atoms with Crippen LogP contribution in [-0.4, -0.2) is 23.2 Å². The third-order valence-electron chi connectivity index (χ3n) is 6.83. The lowest BCUT2D eigenvalue weighted by Crippen LogP contribution is -2.30. The van der Waals surface area contributed by atoms with Crippen LogP contribution < -0.4 is 10.1 Å². The molecule has 1 amide bonds. The van der Waals surface area contributed by atoms with Crippen LogP contribution in [0.5, 0.6) is 5.75 Å². The average molecular weight is 644 g/mol. The second-order valence-corrected chi connectivity index (χ2v) is 10.7. The Bertz CT molecular complexity index is 1810. The van der Waals surface area contributed by atoms with Crippen molar-refractivity contribution in [3.8, 4) is 28.0 Å². The minimum absolute atomic E-state index is 0.0130. The van der Waals surface area contributed by atoms with Gasteiger partial charge in [0, 0.05) is 6.42 Å². The van der Waals surface area contributed by atoms with E-state index in [4.69, 9.17) is 32.5 Å². The topological polar surface area (TPSA) is 77.2 Å². The van der Waals surface area contributed by atoms with Gasteiger partial charge >= 0.3 is 6.18 Å². The summed E-state index contributed by atoms with van der Waals surface area (Å²) in [6.07, 6.45) is -4.23. The number of hydrogen-bond acceptors (Lipinski definition) is 5. The second-order valence-electron chi connectivity index (χ2n) is 9.85. The number of carbonyl (C=O) groups excluding carboxylic acids is 1. The van der Waals surface area contributed by atoms with E-state index >= 15 is 0 Å². The van der Waals surface area contributed by atoms with Crippen LogP contribution in [0.15, 0.2) is 83.4 Å². The zero-order chi connectivity index (χ0) is 31.6. The maximum absolute atomic E-state index is 13.7. The molecule has 1 aromatic heterocycles. The third-order valence-corrected chi connectivity index (χ3v) is 7.40. The smallest absolute Gasteiger partial charge is 0.416 e. The zero-order valence-corrected chi connectivity index (χ0v) is 24.7. The second kappa shape index (κ2) is 12.7. The number of ether oxygens (including phenoxy) is 1. The molecule has 0 unspecified atom stereocenters. The molecule has 0 aliphatic rings. The van der Waals surface area contributed by atoms with E-state index in [-0.39, 0.29) is 33.7 Å². The zero-order valence-electron chi connectivity index (χ0n) is 23.2. The van der Waals surface area contributed by atoms with Crippen molar-refractivity contribution in [2.45, 2.75) is 25.6 Å². The molecule has 0 bridgehead atoms. The van der Waals surface area contributed by atoms with E-state index in [2.05, 4.69) is 15.5 Å². The van der Waals surface area contributed by atoms with Crippen LogP contribution in [0.25, 0.3) is 22.3 Å². The van der Waals surface area contributed by atoms with Crippen LogP contribution in [0.4, 0.5) is 17.6 Å². The van der Waals surface area contributed by atoms with E-state index in [1.165, 1.54) is 43.5 Å². The Labute approximate surface area is 259 Å². The van der Waals surface area contributed by atoms with E-state index in [0.717, 1.165) is 28.8 Å². The number of aryl methyl sites for hydroxylation is 1. The van der Waals surface area contributed by atoms with Crippen LogP contribution in [0.1, 0.15) is 39.2 Å². The standard InChI is InChI=1S/C32H23Cl2F4N3O3/c1-17-39-31(44-41-17)28(13-18-3-5-19(6-4-18)21-9-12-27(35)25(33)15-21)40-30(42)24-14-22(16-26(34)29(24)43-2)20-7-10-23(11-8-20)32(36,37)38/h3-12,14-16,28H,13H2,1-2H3,(H,40,42)/t28-/m1/s1. The third kappa shape index (κ3) is 6.87. The number of alkyl halides is 3. The number of nitrogens with one attached hydrogen (secondary N) is 1. The monoisotopic (exact) mass is 643 g/mol. The predicted molar refractivity (Wildman–Crippen MR) is 158 cm³/mol. The molecule has 0 aliphatic carbocycles. The summed E-state index contributed by atoms with van der Waals surface area (Å²) in [5.41, 5.74) is 2.44. The molecule has 4 aromatic carbocycles. The van der Waals surface area contributed by atoms with Crippen molar-refractivity contribution < 1.29 is 31.6 Å². The van der Waals surface area contributed by atoms with Crippen LogP contribution in [0.2, 0.25) is 10.0 Å². The number of carbonyl (C=O) groups is 1. The fraction of sp³-hybridized carbons (Fsp3) is 0.156. The van der Waals surface area contributed by atoms with Crippen LogP contribution in [0, 0.1) is 12.7 Å². The van der Waals surface area contributed by atoms with Gasteiger partial charge in [-0.05, 0) is 71.1 Å². The van der Waals surface area contributed by atoms with Gasteiger partial charge in [0.15, 0.2) is 5.82 Å². The van der Waals surface area contributed by atoms with Crippen molar-refractivity contribution >= 4 is 29.1 Å². The first-order chi connectivity index (χ1) is 20.9. The number of hydrogen-bond donors (Lipinski definition) is 1. The quantitative estimate of drug-likeness (QED) is 0.171. The molecule has 0 spiro atoms. The Morgan fingerprint density at radius 3 is 2.11 bits per heavy atom. The SMILES string of the molecule is COc1c(Cl)cc(-c2ccc(C(F)(F)F)cc2)cc1C(=O)N[C@H](Cc1ccc(-c2ccc(F)c(Cl)c2)cc1)c1nc(C)no1. The molecule has 1 N–H and O–H groups in total. The lowest BCUT2D eigenvalue weighted by molar-refractivity contribution is -0.137. The van der Waals surface area contributed by atoms with Crippen LogP contribution >= 0.6 is 23.2 Å². The number of amides is 1. The first kappa shape index (κ1) is 31.0. The Kier molecular flexibility index (Phi) is 8.94. The molecule has 44 heavy (non-hydrogen) atoms. The summed E-state index contributed by atoms with van der Waals surface area (Å²) in [6.45, 7) is 1.64. The number of methoxy groups -OCH3 is 1. The Morgan fingerprint density at radius 1 is 0.909 bits per heavy atom. The maximum Gasteiger partial charge on any atom is 0.416 e. The highest BCUT2D eigenvalue weighted by Gasteiger charge is 2.30. The Hall–Kier alpha value is -4.41. The summed E-state index contributed by atoms with van der Waals surface area (Å²) in [7, 11) is 1.35. The molecular formula is C32H23Cl2F4N3O3. The summed E-state index contributed by atoms with van der Waals surface area (Å²) in [6, 6.07) is 18.6. The molecule has 1 heterocycles. The van der Waals surface area contributed by atoms with Crippen LogP contribution in [-0.2, 0) is 12.6 Å². The van der Waals surface area contributed by atoms with Gasteiger partial charge in [-0.15, -0.1) is 0 Å². The van der Waals surface area contributed by atoms with Gasteiger partial charge in [-0.1, -0.05) is 70.8 Å². The molecule has 0 aliphatic heterocycles. The van der Waals surface area contributed by atoms with Crippen molar-refractivity contribution in [3.05, 3.63) is 123 Å². The largest absolute Gasteiger partial charge is 0.494 e. The molecule has 0 radical (unpaired) electrons. The highest BCUT2D eigenvalue weighted by Crippen LogP contribution is 2.36. The number of halogens is 6. The number of rotatable bonds is 8. The normalized spacial score (nSPS) is 12.2. The van der Waals surface area contributed by atoms with Gasteiger partial charge in [0.1, 0.15) is 17.6 Å². The Morgan fingerprint density at radius 2 is 1.52 bits per heavy atom. The number of aromatic nitrogens is 2. The van der Waals surface area contributed by atoms with Crippen molar-refractivity contribution in [2.75, 3.05) is 7.11 Å². The molecule has 226 valence electrons. The summed E-state index contributed by atoms with van der Waals surface area (Å²) in [5, 5.41) is 6.85.